The van der Waals surface area contributed by atoms with E-state index in [1.807, 2.05) is 37.3 Å². The van der Waals surface area contributed by atoms with Crippen molar-refractivity contribution in [3.8, 4) is 11.5 Å². The third kappa shape index (κ3) is 4.40. The smallest absolute Gasteiger partial charge is 0.129 e. The average Bonchev–Trinajstić information content (AvgIpc) is 2.76. The number of nitrogens with one attached hydrogen (secondary N) is 1. The zero-order valence-corrected chi connectivity index (χ0v) is 18.1. The van der Waals surface area contributed by atoms with Crippen LogP contribution in [0.5, 0.6) is 11.5 Å². The fourth-order valence-corrected chi connectivity index (χ4v) is 4.03. The van der Waals surface area contributed by atoms with Gasteiger partial charge in [0.2, 0.25) is 0 Å². The summed E-state index contributed by atoms with van der Waals surface area (Å²) >= 11 is 3.47. The lowest BCUT2D eigenvalue weighted by Gasteiger charge is -2.31. The largest absolute Gasteiger partial charge is 0.508 e. The molecule has 0 saturated heterocycles. The Bertz CT molecular complexity index is 1070. The van der Waals surface area contributed by atoms with Gasteiger partial charge in [0.05, 0.1) is 6.61 Å². The van der Waals surface area contributed by atoms with Crippen molar-refractivity contribution >= 4 is 21.6 Å². The molecule has 3 aromatic rings. The van der Waals surface area contributed by atoms with Gasteiger partial charge in [0.1, 0.15) is 23.5 Å². The van der Waals surface area contributed by atoms with Crippen molar-refractivity contribution < 1.29 is 14.2 Å². The molecule has 0 saturated carbocycles. The molecule has 1 heterocycles. The van der Waals surface area contributed by atoms with Gasteiger partial charge in [-0.05, 0) is 61.0 Å². The van der Waals surface area contributed by atoms with Gasteiger partial charge in [0, 0.05) is 33.8 Å². The van der Waals surface area contributed by atoms with E-state index >= 15 is 0 Å². The second kappa shape index (κ2) is 8.98. The summed E-state index contributed by atoms with van der Waals surface area (Å²) in [7, 11) is 0. The maximum absolute atomic E-state index is 14.5. The molecule has 154 valence electrons. The summed E-state index contributed by atoms with van der Waals surface area (Å²) in [5.41, 5.74) is 3.00. The minimum atomic E-state index is -0.565. The van der Waals surface area contributed by atoms with Gasteiger partial charge in [0.25, 0.3) is 0 Å². The quantitative estimate of drug-likeness (QED) is 0.488. The van der Waals surface area contributed by atoms with Gasteiger partial charge in [-0.25, -0.2) is 4.39 Å². The van der Waals surface area contributed by atoms with Gasteiger partial charge in [0.15, 0.2) is 0 Å². The van der Waals surface area contributed by atoms with Crippen molar-refractivity contribution in [1.29, 1.82) is 0 Å². The van der Waals surface area contributed by atoms with Gasteiger partial charge in [-0.1, -0.05) is 34.1 Å². The highest BCUT2D eigenvalue weighted by Gasteiger charge is 2.29. The number of hydrogen-bond acceptors (Lipinski definition) is 4. The van der Waals surface area contributed by atoms with Crippen molar-refractivity contribution in [3.63, 3.8) is 0 Å². The molecule has 6 heteroatoms. The molecule has 4 nitrogen and oxygen atoms in total. The van der Waals surface area contributed by atoms with Crippen LogP contribution >= 0.6 is 15.9 Å². The highest BCUT2D eigenvalue weighted by molar-refractivity contribution is 9.10. The third-order valence-corrected chi connectivity index (χ3v) is 5.60. The van der Waals surface area contributed by atoms with E-state index in [1.54, 1.807) is 30.3 Å². The minimum Gasteiger partial charge on any atom is -0.508 e. The molecule has 3 aromatic carbocycles. The maximum Gasteiger partial charge on any atom is 0.129 e. The zero-order chi connectivity index (χ0) is 21.1. The third-order valence-electron chi connectivity index (χ3n) is 5.10. The number of benzene rings is 3. The molecule has 0 spiro atoms. The predicted molar refractivity (Wildman–Crippen MR) is 120 cm³/mol. The van der Waals surface area contributed by atoms with Crippen LogP contribution in [0, 0.1) is 5.82 Å². The van der Waals surface area contributed by atoms with E-state index in [9.17, 15) is 9.50 Å². The molecule has 1 aliphatic heterocycles. The van der Waals surface area contributed by atoms with Crippen LogP contribution in [0.15, 0.2) is 76.2 Å². The van der Waals surface area contributed by atoms with Crippen LogP contribution in [0.3, 0.4) is 0 Å². The first-order valence-electron chi connectivity index (χ1n) is 9.84. The lowest BCUT2D eigenvalue weighted by Crippen LogP contribution is -2.33. The molecule has 2 N–H and O–H groups in total. The number of phenols is 1. The molecular formula is C24H22BrFN2O2. The summed E-state index contributed by atoms with van der Waals surface area (Å²) in [6.07, 6.45) is -0.00643. The molecule has 1 aliphatic rings. The van der Waals surface area contributed by atoms with Crippen molar-refractivity contribution in [2.45, 2.75) is 25.6 Å². The van der Waals surface area contributed by atoms with Crippen LogP contribution in [-0.2, 0) is 0 Å². The first-order valence-corrected chi connectivity index (χ1v) is 10.6. The summed E-state index contributed by atoms with van der Waals surface area (Å²) in [5, 5.41) is 13.9. The number of halogens is 2. The lowest BCUT2D eigenvalue weighted by molar-refractivity contribution is 0.340. The molecule has 0 aromatic heterocycles. The Morgan fingerprint density at radius 3 is 2.60 bits per heavy atom. The Morgan fingerprint density at radius 2 is 1.87 bits per heavy atom. The second-order valence-electron chi connectivity index (χ2n) is 7.08. The van der Waals surface area contributed by atoms with Crippen molar-refractivity contribution in [1.82, 2.24) is 5.32 Å². The summed E-state index contributed by atoms with van der Waals surface area (Å²) < 4.78 is 20.9. The van der Waals surface area contributed by atoms with Gasteiger partial charge in [-0.2, -0.15) is 0 Å². The highest BCUT2D eigenvalue weighted by Crippen LogP contribution is 2.36. The number of aliphatic imine (C=N–C) groups is 1. The molecular weight excluding hydrogens is 447 g/mol. The SMILES string of the molecule is CCOc1ccc(C2=N[C@@H](c3ccccc3F)N[C@H](c3cc(Br)ccc3O)C2)cc1. The number of aromatic hydroxyl groups is 1. The van der Waals surface area contributed by atoms with E-state index in [4.69, 9.17) is 9.73 Å². The maximum atomic E-state index is 14.5. The summed E-state index contributed by atoms with van der Waals surface area (Å²) in [5.74, 6) is 0.669. The van der Waals surface area contributed by atoms with E-state index in [-0.39, 0.29) is 17.6 Å². The molecule has 0 amide bonds. The molecule has 2 atom stereocenters. The van der Waals surface area contributed by atoms with Gasteiger partial charge >= 0.3 is 0 Å². The standard InChI is InChI=1S/C24H22BrFN2O2/c1-2-30-17-10-7-15(8-11-17)21-14-22(19-13-16(25)9-12-23(19)29)28-24(27-21)18-5-3-4-6-20(18)26/h3-13,22,24,28-29H,2,14H2,1H3/t22-,24+/m0/s1. The van der Waals surface area contributed by atoms with Crippen LogP contribution < -0.4 is 10.1 Å². The van der Waals surface area contributed by atoms with Crippen LogP contribution in [0.2, 0.25) is 0 Å². The van der Waals surface area contributed by atoms with E-state index in [0.29, 0.717) is 18.6 Å². The van der Waals surface area contributed by atoms with Gasteiger partial charge in [-0.3, -0.25) is 10.3 Å². The van der Waals surface area contributed by atoms with Crippen LogP contribution in [-0.4, -0.2) is 17.4 Å². The minimum absolute atomic E-state index is 0.191. The fraction of sp³-hybridized carbons (Fsp3) is 0.208. The van der Waals surface area contributed by atoms with E-state index in [0.717, 1.165) is 27.1 Å². The normalized spacial score (nSPS) is 18.7. The second-order valence-corrected chi connectivity index (χ2v) is 8.00. The molecule has 0 bridgehead atoms. The van der Waals surface area contributed by atoms with Gasteiger partial charge < -0.3 is 9.84 Å². The number of ether oxygens (including phenoxy) is 1. The molecule has 0 aliphatic carbocycles. The molecule has 30 heavy (non-hydrogen) atoms. The van der Waals surface area contributed by atoms with Gasteiger partial charge in [-0.15, -0.1) is 0 Å². The Morgan fingerprint density at radius 1 is 1.10 bits per heavy atom. The van der Waals surface area contributed by atoms with E-state index < -0.39 is 6.17 Å². The lowest BCUT2D eigenvalue weighted by atomic mass is 9.93. The Kier molecular flexibility index (Phi) is 6.16. The van der Waals surface area contributed by atoms with E-state index in [2.05, 4.69) is 21.2 Å². The molecule has 0 radical (unpaired) electrons. The number of hydrogen-bond donors (Lipinski definition) is 2. The average molecular weight is 469 g/mol. The number of rotatable bonds is 5. The number of phenolic OH excluding ortho intramolecular Hbond substituents is 1. The van der Waals surface area contributed by atoms with Crippen molar-refractivity contribution in [2.75, 3.05) is 6.61 Å². The summed E-state index contributed by atoms with van der Waals surface area (Å²) in [4.78, 5) is 4.82. The Balaban J connectivity index is 1.75. The Hall–Kier alpha value is -2.70. The van der Waals surface area contributed by atoms with Crippen molar-refractivity contribution in [2.24, 2.45) is 4.99 Å². The molecule has 0 unspecified atom stereocenters. The molecule has 4 rings (SSSR count). The number of nitrogens with zero attached hydrogens (tertiary/aromatic N) is 1. The fourth-order valence-electron chi connectivity index (χ4n) is 3.65. The first kappa shape index (κ1) is 20.6. The van der Waals surface area contributed by atoms with E-state index in [1.165, 1.54) is 6.07 Å². The topological polar surface area (TPSA) is 53.8 Å². The Labute approximate surface area is 183 Å². The zero-order valence-electron chi connectivity index (χ0n) is 16.5. The van der Waals surface area contributed by atoms with Crippen molar-refractivity contribution in [3.05, 3.63) is 93.7 Å². The first-order chi connectivity index (χ1) is 14.5. The highest BCUT2D eigenvalue weighted by atomic mass is 79.9. The van der Waals surface area contributed by atoms with Crippen LogP contribution in [0.25, 0.3) is 0 Å². The predicted octanol–water partition coefficient (Wildman–Crippen LogP) is 5.92. The summed E-state index contributed by atoms with van der Waals surface area (Å²) in [6, 6.07) is 19.5. The summed E-state index contributed by atoms with van der Waals surface area (Å²) in [6.45, 7) is 2.54. The monoisotopic (exact) mass is 468 g/mol. The van der Waals surface area contributed by atoms with Crippen LogP contribution in [0.4, 0.5) is 4.39 Å². The molecule has 0 fully saturated rings. The van der Waals surface area contributed by atoms with Crippen LogP contribution in [0.1, 0.15) is 42.2 Å².